The molecule has 0 fully saturated rings. The first-order chi connectivity index (χ1) is 6.37. The lowest BCUT2D eigenvalue weighted by atomic mass is 10.2. The highest BCUT2D eigenvalue weighted by atomic mass is 35.5. The van der Waals surface area contributed by atoms with Crippen molar-refractivity contribution < 1.29 is 27.9 Å². The Labute approximate surface area is 82.2 Å². The van der Waals surface area contributed by atoms with Gasteiger partial charge < -0.3 is 10.3 Å². The van der Waals surface area contributed by atoms with Crippen LogP contribution in [0.15, 0.2) is 0 Å². The molecule has 0 amide bonds. The number of alkyl halides is 2. The molecule has 0 saturated heterocycles. The molecule has 1 atom stereocenters. The van der Waals surface area contributed by atoms with E-state index in [1.54, 1.807) is 4.79 Å². The summed E-state index contributed by atoms with van der Waals surface area (Å²) in [6, 6.07) is 0. The summed E-state index contributed by atoms with van der Waals surface area (Å²) in [5.74, 6) is -5.99. The van der Waals surface area contributed by atoms with Crippen molar-refractivity contribution in [3.63, 3.8) is 0 Å². The molecule has 0 aliphatic carbocycles. The Morgan fingerprint density at radius 2 is 2.14 bits per heavy atom. The van der Waals surface area contributed by atoms with Crippen LogP contribution in [-0.2, 0) is 14.3 Å². The molecular formula is C6H5ClF2N2O3. The third-order valence-corrected chi connectivity index (χ3v) is 1.42. The average Bonchev–Trinajstić information content (AvgIpc) is 2.15. The Bertz CT molecular complexity index is 312. The molecule has 0 spiro atoms. The normalized spacial score (nSPS) is 13.7. The molecule has 1 unspecified atom stereocenters. The van der Waals surface area contributed by atoms with E-state index in [-0.39, 0.29) is 6.61 Å². The quantitative estimate of drug-likeness (QED) is 0.176. The fourth-order valence-electron chi connectivity index (χ4n) is 0.489. The largest absolute Gasteiger partial charge is 0.516 e. The predicted molar refractivity (Wildman–Crippen MR) is 41.1 cm³/mol. The average molecular weight is 227 g/mol. The van der Waals surface area contributed by atoms with Gasteiger partial charge in [0.05, 0.1) is 6.61 Å². The number of carbonyl (C=O) groups excluding carboxylic acids is 2. The second kappa shape index (κ2) is 4.78. The summed E-state index contributed by atoms with van der Waals surface area (Å²) in [5.41, 5.74) is 7.79. The summed E-state index contributed by atoms with van der Waals surface area (Å²) >= 11 is 4.77. The van der Waals surface area contributed by atoms with E-state index in [1.807, 2.05) is 0 Å². The number of esters is 1. The molecule has 5 nitrogen and oxygen atoms in total. The number of hydrogen-bond acceptors (Lipinski definition) is 3. The van der Waals surface area contributed by atoms with Crippen molar-refractivity contribution in [2.45, 2.75) is 12.1 Å². The van der Waals surface area contributed by atoms with Crippen LogP contribution in [0.1, 0.15) is 6.92 Å². The molecule has 0 aliphatic heterocycles. The Morgan fingerprint density at radius 1 is 1.64 bits per heavy atom. The van der Waals surface area contributed by atoms with Crippen LogP contribution in [0.2, 0.25) is 0 Å². The van der Waals surface area contributed by atoms with Crippen molar-refractivity contribution in [3.8, 4) is 0 Å². The molecule has 8 heteroatoms. The van der Waals surface area contributed by atoms with Gasteiger partial charge in [-0.2, -0.15) is 0 Å². The second-order valence-corrected chi connectivity index (χ2v) is 2.54. The first-order valence-corrected chi connectivity index (χ1v) is 3.73. The predicted octanol–water partition coefficient (Wildman–Crippen LogP) is 0.621. The van der Waals surface area contributed by atoms with E-state index < -0.39 is 22.8 Å². The molecule has 14 heavy (non-hydrogen) atoms. The highest BCUT2D eigenvalue weighted by Crippen LogP contribution is 2.21. The van der Waals surface area contributed by atoms with Crippen molar-refractivity contribution in [2.75, 3.05) is 6.61 Å². The van der Waals surface area contributed by atoms with Gasteiger partial charge in [-0.05, 0) is 6.92 Å². The fourth-order valence-corrected chi connectivity index (χ4v) is 0.622. The van der Waals surface area contributed by atoms with Gasteiger partial charge in [0, 0.05) is 0 Å². The molecule has 0 rings (SSSR count). The van der Waals surface area contributed by atoms with Crippen molar-refractivity contribution in [3.05, 3.63) is 5.53 Å². The van der Waals surface area contributed by atoms with Crippen LogP contribution >= 0.6 is 11.6 Å². The van der Waals surface area contributed by atoms with Crippen LogP contribution < -0.4 is 0 Å². The van der Waals surface area contributed by atoms with E-state index in [4.69, 9.17) is 17.1 Å². The molecule has 0 bridgehead atoms. The lowest BCUT2D eigenvalue weighted by Crippen LogP contribution is -2.41. The smallest absolute Gasteiger partial charge is 0.462 e. The van der Waals surface area contributed by atoms with Gasteiger partial charge in [-0.1, -0.05) is 11.6 Å². The van der Waals surface area contributed by atoms with Gasteiger partial charge in [0.25, 0.3) is 0 Å². The summed E-state index contributed by atoms with van der Waals surface area (Å²) in [7, 11) is 0. The molecule has 0 N–H and O–H groups in total. The molecule has 0 saturated carbocycles. The van der Waals surface area contributed by atoms with E-state index in [9.17, 15) is 18.4 Å². The van der Waals surface area contributed by atoms with Crippen molar-refractivity contribution >= 4 is 29.3 Å². The molecule has 0 aromatic carbocycles. The van der Waals surface area contributed by atoms with Crippen LogP contribution in [0, 0.1) is 0 Å². The number of ether oxygens (including phenoxy) is 1. The van der Waals surface area contributed by atoms with Crippen LogP contribution in [0.5, 0.6) is 0 Å². The first kappa shape index (κ1) is 12.7. The minimum Gasteiger partial charge on any atom is -0.462 e. The maximum absolute atomic E-state index is 13.0. The van der Waals surface area contributed by atoms with Crippen LogP contribution in [0.25, 0.3) is 5.53 Å². The lowest BCUT2D eigenvalue weighted by molar-refractivity contribution is -0.155. The van der Waals surface area contributed by atoms with Crippen LogP contribution in [0.3, 0.4) is 0 Å². The van der Waals surface area contributed by atoms with Crippen molar-refractivity contribution in [2.24, 2.45) is 0 Å². The monoisotopic (exact) mass is 226 g/mol. The van der Waals surface area contributed by atoms with Gasteiger partial charge in [-0.3, -0.25) is 4.79 Å². The van der Waals surface area contributed by atoms with Gasteiger partial charge in [0.1, 0.15) is 0 Å². The van der Waals surface area contributed by atoms with Gasteiger partial charge >= 0.3 is 22.8 Å². The van der Waals surface area contributed by atoms with Gasteiger partial charge in [-0.15, -0.1) is 9.18 Å². The second-order valence-electron chi connectivity index (χ2n) is 2.01. The number of carbonyl (C=O) groups is 2. The number of halogens is 3. The van der Waals surface area contributed by atoms with Crippen LogP contribution in [-0.4, -0.2) is 34.2 Å². The zero-order chi connectivity index (χ0) is 11.4. The van der Waals surface area contributed by atoms with Gasteiger partial charge in [0.15, 0.2) is 0 Å². The summed E-state index contributed by atoms with van der Waals surface area (Å²) in [5, 5.41) is -3.70. The van der Waals surface area contributed by atoms with Crippen molar-refractivity contribution in [1.82, 2.24) is 0 Å². The van der Waals surface area contributed by atoms with Crippen LogP contribution in [0.4, 0.5) is 8.78 Å². The van der Waals surface area contributed by atoms with E-state index in [1.165, 1.54) is 6.92 Å². The molecule has 0 radical (unpaired) electrons. The Balaban J connectivity index is 4.87. The Hall–Kier alpha value is -1.33. The fraction of sp³-hybridized carbons (Fsp3) is 0.500. The molecule has 78 valence electrons. The minimum absolute atomic E-state index is 0.234. The molecule has 0 aromatic heterocycles. The summed E-state index contributed by atoms with van der Waals surface area (Å²) in [6.45, 7) is 1.11. The zero-order valence-electron chi connectivity index (χ0n) is 6.96. The number of nitrogens with zero attached hydrogens (tertiary/aromatic N) is 2. The number of rotatable bonds is 4. The number of ketones is 1. The lowest BCUT2D eigenvalue weighted by Gasteiger charge is -2.10. The standard InChI is InChI=1S/C6H5ClF2N2O3/c1-2-14-5(13)6(7,9)3(12)4(8)11-10/h2H2,1H3. The molecular weight excluding hydrogens is 222 g/mol. The third kappa shape index (κ3) is 2.58. The summed E-state index contributed by atoms with van der Waals surface area (Å²) < 4.78 is 29.3. The highest BCUT2D eigenvalue weighted by molar-refractivity contribution is 6.56. The maximum Gasteiger partial charge on any atom is 0.516 e. The SMILES string of the molecule is CCOC(=O)C(F)(Cl)C(=O)C(F)=[N+]=[N-]. The summed E-state index contributed by atoms with van der Waals surface area (Å²) in [6.07, 6.45) is 0. The number of hydrogen-bond donors (Lipinski definition) is 0. The van der Waals surface area contributed by atoms with Gasteiger partial charge in [-0.25, -0.2) is 9.18 Å². The topological polar surface area (TPSA) is 79.8 Å². The Kier molecular flexibility index (Phi) is 4.33. The highest BCUT2D eigenvalue weighted by Gasteiger charge is 2.52. The van der Waals surface area contributed by atoms with E-state index in [2.05, 4.69) is 4.74 Å². The van der Waals surface area contributed by atoms with E-state index in [0.717, 1.165) is 0 Å². The minimum atomic E-state index is -3.70. The third-order valence-electron chi connectivity index (χ3n) is 1.09. The van der Waals surface area contributed by atoms with Gasteiger partial charge in [0.2, 0.25) is 0 Å². The number of Topliss-reactive ketones (excluding diaryl/α,β-unsaturated/α-hetero) is 1. The summed E-state index contributed by atoms with van der Waals surface area (Å²) in [4.78, 5) is 23.1. The molecule has 0 aliphatic rings. The Morgan fingerprint density at radius 3 is 2.50 bits per heavy atom. The van der Waals surface area contributed by atoms with Crippen molar-refractivity contribution in [1.29, 1.82) is 0 Å². The van der Waals surface area contributed by atoms with E-state index in [0.29, 0.717) is 0 Å². The zero-order valence-corrected chi connectivity index (χ0v) is 7.72. The first-order valence-electron chi connectivity index (χ1n) is 3.35. The van der Waals surface area contributed by atoms with E-state index >= 15 is 0 Å². The molecule has 0 heterocycles. The maximum atomic E-state index is 13.0. The molecule has 0 aromatic rings.